The van der Waals surface area contributed by atoms with Crippen LogP contribution in [0.3, 0.4) is 0 Å². The normalized spacial score (nSPS) is 12.1. The topological polar surface area (TPSA) is 163 Å². The van der Waals surface area contributed by atoms with Gasteiger partial charge in [0.25, 0.3) is 0 Å². The minimum Gasteiger partial charge on any atom is -0.461 e. The van der Waals surface area contributed by atoms with E-state index in [9.17, 15) is 25.4 Å². The van der Waals surface area contributed by atoms with Crippen LogP contribution in [-0.4, -0.2) is 40.7 Å². The predicted octanol–water partition coefficient (Wildman–Crippen LogP) is -1.12. The molecule has 0 aliphatic heterocycles. The Kier molecular flexibility index (Phi) is 2.65. The van der Waals surface area contributed by atoms with Gasteiger partial charge < -0.3 is 30.6 Å². The first-order valence-corrected chi connectivity index (χ1v) is 3.60. The molecule has 1 rings (SSSR count). The van der Waals surface area contributed by atoms with Gasteiger partial charge in [0.15, 0.2) is 5.10 Å². The van der Waals surface area contributed by atoms with Crippen molar-refractivity contribution in [2.45, 2.75) is 6.92 Å². The van der Waals surface area contributed by atoms with Crippen LogP contribution in [0.15, 0.2) is 0 Å². The Balaban J connectivity index is 3.38. The Bertz CT molecular complexity index is 485. The summed E-state index contributed by atoms with van der Waals surface area (Å²) in [7, 11) is 0. The predicted molar refractivity (Wildman–Crippen MR) is 44.2 cm³/mol. The van der Waals surface area contributed by atoms with Crippen LogP contribution < -0.4 is 0 Å². The van der Waals surface area contributed by atoms with Crippen molar-refractivity contribution >= 4 is 11.9 Å². The summed E-state index contributed by atoms with van der Waals surface area (Å²) >= 11 is 0. The molecule has 1 heterocycles. The van der Waals surface area contributed by atoms with Crippen LogP contribution in [0.2, 0.25) is 0 Å². The summed E-state index contributed by atoms with van der Waals surface area (Å²) in [6, 6.07) is 0. The van der Waals surface area contributed by atoms with Crippen molar-refractivity contribution in [3.05, 3.63) is 31.3 Å². The van der Waals surface area contributed by atoms with Crippen molar-refractivity contribution in [3.8, 4) is 0 Å². The second kappa shape index (κ2) is 3.76. The average Bonchev–Trinajstić information content (AvgIpc) is 2.47. The van der Waals surface area contributed by atoms with E-state index in [-0.39, 0.29) is 10.5 Å². The van der Waals surface area contributed by atoms with Gasteiger partial charge in [-0.15, -0.1) is 0 Å². The van der Waals surface area contributed by atoms with Gasteiger partial charge in [0.1, 0.15) is 0 Å². The maximum Gasteiger partial charge on any atom is 0.668 e. The lowest BCUT2D eigenvalue weighted by molar-refractivity contribution is -0.749. The molecule has 0 fully saturated rings. The van der Waals surface area contributed by atoms with Crippen LogP contribution in [0.4, 0.5) is 5.95 Å². The zero-order valence-corrected chi connectivity index (χ0v) is 7.67. The molecule has 0 aliphatic carbocycles. The molecule has 1 N–H and O–H groups in total. The third-order valence-electron chi connectivity index (χ3n) is 1.44. The molecule has 0 amide bonds. The van der Waals surface area contributed by atoms with Crippen LogP contribution in [0.25, 0.3) is 0 Å². The standard InChI is InChI=1S/C4H4N6O6/c1-2-5-3(8(11)12)6-7(2)4(9(13)14)10(15)16/h1H3,(H,13,14). The lowest BCUT2D eigenvalue weighted by Crippen LogP contribution is -2.31. The fourth-order valence-corrected chi connectivity index (χ4v) is 0.871. The van der Waals surface area contributed by atoms with Crippen LogP contribution in [0.5, 0.6) is 0 Å². The molecular formula is C4H4N6O6. The molecule has 0 aliphatic rings. The van der Waals surface area contributed by atoms with Crippen LogP contribution in [0, 0.1) is 32.4 Å². The summed E-state index contributed by atoms with van der Waals surface area (Å²) in [5, 5.41) is 42.6. The Morgan fingerprint density at radius 1 is 1.38 bits per heavy atom. The van der Waals surface area contributed by atoms with Crippen LogP contribution in [0.1, 0.15) is 5.82 Å². The highest BCUT2D eigenvalue weighted by Gasteiger charge is 2.40. The highest BCUT2D eigenvalue weighted by molar-refractivity contribution is 5.68. The molecule has 16 heavy (non-hydrogen) atoms. The van der Waals surface area contributed by atoms with Gasteiger partial charge in [-0.3, -0.25) is 0 Å². The van der Waals surface area contributed by atoms with E-state index < -0.39 is 26.7 Å². The van der Waals surface area contributed by atoms with Gasteiger partial charge in [0, 0.05) is 6.92 Å². The van der Waals surface area contributed by atoms with E-state index in [1.165, 1.54) is 0 Å². The zero-order valence-electron chi connectivity index (χ0n) is 7.67. The summed E-state index contributed by atoms with van der Waals surface area (Å²) in [5.41, 5.74) is 0. The van der Waals surface area contributed by atoms with Gasteiger partial charge in [-0.25, -0.2) is 0 Å². The lowest BCUT2D eigenvalue weighted by Gasteiger charge is -1.91. The van der Waals surface area contributed by atoms with Crippen LogP contribution >= 0.6 is 0 Å². The fraction of sp³-hybridized carbons (Fsp3) is 0.250. The van der Waals surface area contributed by atoms with Crippen molar-refractivity contribution in [2.24, 2.45) is 0 Å². The molecule has 12 heteroatoms. The van der Waals surface area contributed by atoms with E-state index in [1.807, 2.05) is 0 Å². The Morgan fingerprint density at radius 3 is 2.25 bits per heavy atom. The number of aryl methyl sites for hydroxylation is 1. The monoisotopic (exact) mass is 232 g/mol. The Hall–Kier alpha value is -2.79. The first-order chi connectivity index (χ1) is 7.34. The van der Waals surface area contributed by atoms with Crippen molar-refractivity contribution in [3.63, 3.8) is 0 Å². The second-order valence-corrected chi connectivity index (χ2v) is 2.46. The maximum atomic E-state index is 10.5. The molecule has 12 nitrogen and oxygen atoms in total. The molecule has 0 spiro atoms. The van der Waals surface area contributed by atoms with E-state index in [0.29, 0.717) is 0 Å². The van der Waals surface area contributed by atoms with E-state index in [0.717, 1.165) is 6.92 Å². The molecule has 1 aromatic rings. The number of rotatable bonds is 1. The number of aromatic nitrogens is 3. The van der Waals surface area contributed by atoms with E-state index >= 15 is 0 Å². The SMILES string of the molecule is Cc1nc([N+](=O)[O-])nn1/C([N+](=O)[O-])=[N+](/[O-])O. The smallest absolute Gasteiger partial charge is 0.461 e. The quantitative estimate of drug-likeness (QED) is 0.159. The van der Waals surface area contributed by atoms with E-state index in [1.54, 1.807) is 0 Å². The minimum absolute atomic E-state index is 0.255. The van der Waals surface area contributed by atoms with Crippen molar-refractivity contribution in [2.75, 3.05) is 0 Å². The summed E-state index contributed by atoms with van der Waals surface area (Å²) in [4.78, 5) is 20.6. The molecule has 0 saturated heterocycles. The molecule has 0 atom stereocenters. The Morgan fingerprint density at radius 2 is 1.94 bits per heavy atom. The van der Waals surface area contributed by atoms with Gasteiger partial charge >= 0.3 is 17.7 Å². The van der Waals surface area contributed by atoms with Crippen molar-refractivity contribution in [1.82, 2.24) is 14.8 Å². The summed E-state index contributed by atoms with van der Waals surface area (Å²) in [5.74, 6) is -2.61. The van der Waals surface area contributed by atoms with Gasteiger partial charge in [0.2, 0.25) is 0 Å². The molecule has 0 saturated carbocycles. The average molecular weight is 232 g/mol. The fourth-order valence-electron chi connectivity index (χ4n) is 0.871. The molecule has 1 aromatic heterocycles. The molecule has 0 bridgehead atoms. The minimum atomic E-state index is -1.40. The highest BCUT2D eigenvalue weighted by Crippen LogP contribution is 2.05. The first kappa shape index (κ1) is 11.3. The van der Waals surface area contributed by atoms with Gasteiger partial charge in [-0.2, -0.15) is 0 Å². The first-order valence-electron chi connectivity index (χ1n) is 3.60. The zero-order chi connectivity index (χ0) is 12.5. The van der Waals surface area contributed by atoms with Gasteiger partial charge in [-0.1, -0.05) is 0 Å². The van der Waals surface area contributed by atoms with Crippen LogP contribution in [-0.2, 0) is 0 Å². The number of hydrogen-bond acceptors (Lipinski definition) is 8. The molecular weight excluding hydrogens is 228 g/mol. The summed E-state index contributed by atoms with van der Waals surface area (Å²) in [6.07, 6.45) is 0. The van der Waals surface area contributed by atoms with Gasteiger partial charge in [0.05, 0.1) is 14.5 Å². The number of nitro groups is 2. The molecule has 0 unspecified atom stereocenters. The summed E-state index contributed by atoms with van der Waals surface area (Å²) in [6.45, 7) is 1.15. The largest absolute Gasteiger partial charge is 0.668 e. The summed E-state index contributed by atoms with van der Waals surface area (Å²) < 4.78 is 0.255. The van der Waals surface area contributed by atoms with E-state index in [2.05, 4.69) is 10.1 Å². The van der Waals surface area contributed by atoms with Gasteiger partial charge in [-0.05, 0) is 9.91 Å². The van der Waals surface area contributed by atoms with E-state index in [4.69, 9.17) is 5.21 Å². The molecule has 0 radical (unpaired) electrons. The third kappa shape index (κ3) is 1.84. The van der Waals surface area contributed by atoms with Crippen molar-refractivity contribution in [1.29, 1.82) is 0 Å². The third-order valence-corrected chi connectivity index (χ3v) is 1.44. The molecule has 86 valence electrons. The molecule has 0 aromatic carbocycles. The number of hydrogen-bond donors (Lipinski definition) is 1. The second-order valence-electron chi connectivity index (χ2n) is 2.46. The lowest BCUT2D eigenvalue weighted by atomic mass is 10.7. The maximum absolute atomic E-state index is 10.5. The number of nitrogens with zero attached hydrogens (tertiary/aromatic N) is 6. The van der Waals surface area contributed by atoms with Crippen molar-refractivity contribution < 1.29 is 20.0 Å². The highest BCUT2D eigenvalue weighted by atomic mass is 16.8. The Labute approximate surface area is 85.9 Å².